The first-order valence-corrected chi connectivity index (χ1v) is 16.7. The fraction of sp³-hybridized carbons (Fsp3) is 0.314. The molecule has 0 amide bonds. The summed E-state index contributed by atoms with van der Waals surface area (Å²) in [4.78, 5) is 0. The quantitative estimate of drug-likeness (QED) is 0.194. The molecular formula is C35H32Br4. The van der Waals surface area contributed by atoms with E-state index in [9.17, 15) is 0 Å². The maximum absolute atomic E-state index is 3.71. The Labute approximate surface area is 266 Å². The number of fused-ring (bicyclic) bond motifs is 2. The summed E-state index contributed by atoms with van der Waals surface area (Å²) in [5.74, 6) is 0. The monoisotopic (exact) mass is 768 g/mol. The molecule has 4 aromatic carbocycles. The van der Waals surface area contributed by atoms with Gasteiger partial charge in [-0.3, -0.25) is 0 Å². The van der Waals surface area contributed by atoms with Gasteiger partial charge in [0.1, 0.15) is 0 Å². The molecule has 0 aliphatic heterocycles. The molecule has 2 bridgehead atoms. The largest absolute Gasteiger partial charge is 0.0574 e. The number of hydrogen-bond acceptors (Lipinski definition) is 0. The smallest absolute Gasteiger partial charge is 0.0175 e. The molecule has 39 heavy (non-hydrogen) atoms. The van der Waals surface area contributed by atoms with Crippen LogP contribution in [-0.4, -0.2) is 0 Å². The fourth-order valence-electron chi connectivity index (χ4n) is 8.47. The van der Waals surface area contributed by atoms with Gasteiger partial charge >= 0.3 is 0 Å². The molecule has 2 aliphatic rings. The standard InChI is InChI=1S/C35H32Br4/c1-32(24-3-11-28(36)12-4-24)19-34(26-7-15-30(38)16-8-26)21-33(2,25-5-13-29(37)14-6-25)22-35(20-32,23-34)27-9-17-31(39)18-10-27/h3-18H,19-23H2,1-2H3. The van der Waals surface area contributed by atoms with Crippen molar-refractivity contribution in [3.8, 4) is 0 Å². The molecule has 0 spiro atoms. The van der Waals surface area contributed by atoms with Crippen LogP contribution in [0.1, 0.15) is 68.2 Å². The van der Waals surface area contributed by atoms with Crippen LogP contribution in [0.2, 0.25) is 0 Å². The first kappa shape index (κ1) is 27.9. The van der Waals surface area contributed by atoms with E-state index >= 15 is 0 Å². The molecule has 200 valence electrons. The highest BCUT2D eigenvalue weighted by molar-refractivity contribution is 9.11. The molecule has 2 fully saturated rings. The van der Waals surface area contributed by atoms with E-state index in [1.54, 1.807) is 0 Å². The molecule has 0 atom stereocenters. The van der Waals surface area contributed by atoms with Gasteiger partial charge in [0.25, 0.3) is 0 Å². The molecule has 0 unspecified atom stereocenters. The Morgan fingerprint density at radius 2 is 0.590 bits per heavy atom. The molecular weight excluding hydrogens is 740 g/mol. The van der Waals surface area contributed by atoms with E-state index in [1.807, 2.05) is 0 Å². The highest BCUT2D eigenvalue weighted by atomic mass is 79.9. The number of rotatable bonds is 4. The minimum atomic E-state index is 0.0356. The second kappa shape index (κ2) is 10.3. The van der Waals surface area contributed by atoms with Crippen molar-refractivity contribution >= 4 is 63.7 Å². The molecule has 0 N–H and O–H groups in total. The predicted molar refractivity (Wildman–Crippen MR) is 178 cm³/mol. The van der Waals surface area contributed by atoms with Gasteiger partial charge in [0.05, 0.1) is 0 Å². The summed E-state index contributed by atoms with van der Waals surface area (Å²) in [5, 5.41) is 0. The average molecular weight is 772 g/mol. The van der Waals surface area contributed by atoms with Crippen LogP contribution in [0.5, 0.6) is 0 Å². The molecule has 0 aromatic heterocycles. The maximum atomic E-state index is 3.71. The van der Waals surface area contributed by atoms with Crippen LogP contribution in [0, 0.1) is 0 Å². The third-order valence-corrected chi connectivity index (χ3v) is 11.7. The summed E-state index contributed by atoms with van der Waals surface area (Å²) in [7, 11) is 0. The lowest BCUT2D eigenvalue weighted by molar-refractivity contribution is 0.0166. The van der Waals surface area contributed by atoms with Gasteiger partial charge < -0.3 is 0 Å². The van der Waals surface area contributed by atoms with Crippen molar-refractivity contribution in [3.63, 3.8) is 0 Å². The zero-order chi connectivity index (χ0) is 27.5. The Kier molecular flexibility index (Phi) is 7.35. The van der Waals surface area contributed by atoms with Gasteiger partial charge in [-0.05, 0) is 125 Å². The number of hydrogen-bond donors (Lipinski definition) is 0. The van der Waals surface area contributed by atoms with Gasteiger partial charge in [0.15, 0.2) is 0 Å². The summed E-state index contributed by atoms with van der Waals surface area (Å²) in [6, 6.07) is 36.8. The summed E-state index contributed by atoms with van der Waals surface area (Å²) in [6.07, 6.45) is 5.70. The molecule has 4 heteroatoms. The predicted octanol–water partition coefficient (Wildman–Crippen LogP) is 11.8. The van der Waals surface area contributed by atoms with Crippen LogP contribution in [0.4, 0.5) is 0 Å². The normalized spacial score (nSPS) is 30.2. The minimum Gasteiger partial charge on any atom is -0.0574 e. The summed E-state index contributed by atoms with van der Waals surface area (Å²) < 4.78 is 4.55. The van der Waals surface area contributed by atoms with E-state index in [2.05, 4.69) is 175 Å². The second-order valence-electron chi connectivity index (χ2n) is 12.6. The Morgan fingerprint density at radius 3 is 0.846 bits per heavy atom. The van der Waals surface area contributed by atoms with E-state index in [4.69, 9.17) is 0 Å². The first-order valence-electron chi connectivity index (χ1n) is 13.6. The fourth-order valence-corrected chi connectivity index (χ4v) is 9.52. The third-order valence-electron chi connectivity index (χ3n) is 9.59. The second-order valence-corrected chi connectivity index (χ2v) is 16.3. The van der Waals surface area contributed by atoms with Crippen LogP contribution in [-0.2, 0) is 21.7 Å². The SMILES string of the molecule is CC1(c2ccc(Br)cc2)CC2(c3ccc(Br)cc3)CC(C)(c3ccc(Br)cc3)CC(c3ccc(Br)cc3)(C1)C2. The van der Waals surface area contributed by atoms with Gasteiger partial charge in [-0.1, -0.05) is 126 Å². The minimum absolute atomic E-state index is 0.0356. The van der Waals surface area contributed by atoms with Crippen molar-refractivity contribution in [1.29, 1.82) is 0 Å². The van der Waals surface area contributed by atoms with Crippen molar-refractivity contribution in [2.45, 2.75) is 67.6 Å². The van der Waals surface area contributed by atoms with Crippen LogP contribution in [0.25, 0.3) is 0 Å². The third kappa shape index (κ3) is 5.17. The van der Waals surface area contributed by atoms with Gasteiger partial charge in [0.2, 0.25) is 0 Å². The van der Waals surface area contributed by atoms with E-state index in [-0.39, 0.29) is 21.7 Å². The summed E-state index contributed by atoms with van der Waals surface area (Å²) in [5.41, 5.74) is 5.99. The Hall–Kier alpha value is -1.20. The zero-order valence-corrected chi connectivity index (χ0v) is 28.6. The first-order chi connectivity index (χ1) is 18.5. The van der Waals surface area contributed by atoms with Crippen molar-refractivity contribution in [2.75, 3.05) is 0 Å². The molecule has 0 radical (unpaired) electrons. The zero-order valence-electron chi connectivity index (χ0n) is 22.3. The highest BCUT2D eigenvalue weighted by Crippen LogP contribution is 2.67. The van der Waals surface area contributed by atoms with Gasteiger partial charge in [-0.25, -0.2) is 0 Å². The molecule has 0 heterocycles. The Morgan fingerprint density at radius 1 is 0.359 bits per heavy atom. The Balaban J connectivity index is 1.60. The van der Waals surface area contributed by atoms with Crippen LogP contribution < -0.4 is 0 Å². The van der Waals surface area contributed by atoms with Crippen LogP contribution in [0.15, 0.2) is 115 Å². The number of halogens is 4. The molecule has 2 saturated carbocycles. The highest BCUT2D eigenvalue weighted by Gasteiger charge is 2.61. The molecule has 6 rings (SSSR count). The van der Waals surface area contributed by atoms with E-state index in [1.165, 1.54) is 28.7 Å². The lowest BCUT2D eigenvalue weighted by atomic mass is 9.40. The summed E-state index contributed by atoms with van der Waals surface area (Å²) >= 11 is 14.8. The van der Waals surface area contributed by atoms with Crippen molar-refractivity contribution in [3.05, 3.63) is 137 Å². The van der Waals surface area contributed by atoms with E-state index in [0.717, 1.165) is 43.6 Å². The Bertz CT molecular complexity index is 1330. The van der Waals surface area contributed by atoms with Gasteiger partial charge in [0, 0.05) is 17.9 Å². The lowest BCUT2D eigenvalue weighted by Gasteiger charge is -2.64. The van der Waals surface area contributed by atoms with E-state index in [0.29, 0.717) is 0 Å². The van der Waals surface area contributed by atoms with Crippen molar-refractivity contribution in [2.24, 2.45) is 0 Å². The molecule has 4 aromatic rings. The van der Waals surface area contributed by atoms with Crippen molar-refractivity contribution < 1.29 is 0 Å². The maximum Gasteiger partial charge on any atom is 0.0175 e. The summed E-state index contributed by atoms with van der Waals surface area (Å²) in [6.45, 7) is 5.05. The van der Waals surface area contributed by atoms with Crippen LogP contribution >= 0.6 is 63.7 Å². The van der Waals surface area contributed by atoms with E-state index < -0.39 is 0 Å². The number of benzene rings is 4. The van der Waals surface area contributed by atoms with Gasteiger partial charge in [-0.2, -0.15) is 0 Å². The molecule has 2 aliphatic carbocycles. The average Bonchev–Trinajstić information content (AvgIpc) is 2.89. The molecule has 0 saturated heterocycles. The lowest BCUT2D eigenvalue weighted by Crippen LogP contribution is -2.59. The molecule has 0 nitrogen and oxygen atoms in total. The topological polar surface area (TPSA) is 0 Å². The van der Waals surface area contributed by atoms with Crippen molar-refractivity contribution in [1.82, 2.24) is 0 Å². The van der Waals surface area contributed by atoms with Gasteiger partial charge in [-0.15, -0.1) is 0 Å². The van der Waals surface area contributed by atoms with Crippen LogP contribution in [0.3, 0.4) is 0 Å².